The zero-order valence-electron chi connectivity index (χ0n) is 11.8. The van der Waals surface area contributed by atoms with Crippen LogP contribution < -0.4 is 0 Å². The van der Waals surface area contributed by atoms with E-state index in [-0.39, 0.29) is 24.8 Å². The van der Waals surface area contributed by atoms with Crippen LogP contribution in [-0.4, -0.2) is 36.6 Å². The van der Waals surface area contributed by atoms with Crippen LogP contribution in [0.5, 0.6) is 0 Å². The fourth-order valence-electron chi connectivity index (χ4n) is 2.34. The van der Waals surface area contributed by atoms with E-state index in [2.05, 4.69) is 4.98 Å². The molecule has 0 bridgehead atoms. The van der Waals surface area contributed by atoms with E-state index in [1.807, 2.05) is 0 Å². The first-order chi connectivity index (χ1) is 10.1. The third-order valence-electron chi connectivity index (χ3n) is 3.70. The molecule has 0 atom stereocenters. The number of sulfonamides is 1. The van der Waals surface area contributed by atoms with Crippen LogP contribution in [-0.2, 0) is 21.0 Å². The van der Waals surface area contributed by atoms with Crippen molar-refractivity contribution in [2.45, 2.75) is 31.0 Å². The van der Waals surface area contributed by atoms with Crippen LogP contribution in [0.15, 0.2) is 23.4 Å². The van der Waals surface area contributed by atoms with E-state index in [1.165, 1.54) is 6.92 Å². The van der Waals surface area contributed by atoms with Crippen LogP contribution in [0.4, 0.5) is 13.2 Å². The number of nitrogens with zero attached hydrogens (tertiary/aromatic N) is 2. The summed E-state index contributed by atoms with van der Waals surface area (Å²) in [5, 5.41) is -0.415. The number of hydrogen-bond donors (Lipinski definition) is 0. The van der Waals surface area contributed by atoms with E-state index in [1.54, 1.807) is 0 Å². The van der Waals surface area contributed by atoms with Gasteiger partial charge in [0.25, 0.3) is 10.0 Å². The van der Waals surface area contributed by atoms with Gasteiger partial charge in [-0.2, -0.15) is 17.5 Å². The summed E-state index contributed by atoms with van der Waals surface area (Å²) in [5.74, 6) is -0.142. The Balaban J connectivity index is 2.16. The highest BCUT2D eigenvalue weighted by Gasteiger charge is 2.34. The molecule has 1 aromatic heterocycles. The van der Waals surface area contributed by atoms with Gasteiger partial charge in [-0.3, -0.25) is 4.79 Å². The van der Waals surface area contributed by atoms with Gasteiger partial charge in [0, 0.05) is 25.2 Å². The van der Waals surface area contributed by atoms with Crippen molar-refractivity contribution in [3.05, 3.63) is 23.9 Å². The quantitative estimate of drug-likeness (QED) is 0.848. The minimum absolute atomic E-state index is 0.0182. The minimum atomic E-state index is -4.56. The molecule has 0 aromatic carbocycles. The Labute approximate surface area is 126 Å². The molecule has 1 saturated heterocycles. The van der Waals surface area contributed by atoms with Crippen LogP contribution in [0, 0.1) is 5.92 Å². The molecule has 1 fully saturated rings. The highest BCUT2D eigenvalue weighted by molar-refractivity contribution is 7.89. The van der Waals surface area contributed by atoms with E-state index < -0.39 is 26.8 Å². The van der Waals surface area contributed by atoms with E-state index >= 15 is 0 Å². The van der Waals surface area contributed by atoms with Gasteiger partial charge < -0.3 is 0 Å². The Morgan fingerprint density at radius 1 is 1.27 bits per heavy atom. The summed E-state index contributed by atoms with van der Waals surface area (Å²) in [6, 6.07) is 1.55. The third kappa shape index (κ3) is 3.46. The SMILES string of the molecule is CC(=O)C1CCN(S(=O)(=O)c2ccc(C(F)(F)F)cn2)CC1. The van der Waals surface area contributed by atoms with Gasteiger partial charge >= 0.3 is 6.18 Å². The lowest BCUT2D eigenvalue weighted by atomic mass is 9.95. The van der Waals surface area contributed by atoms with Crippen LogP contribution in [0.2, 0.25) is 0 Å². The smallest absolute Gasteiger partial charge is 0.300 e. The van der Waals surface area contributed by atoms with Gasteiger partial charge in [-0.1, -0.05) is 0 Å². The fourth-order valence-corrected chi connectivity index (χ4v) is 3.72. The van der Waals surface area contributed by atoms with Crippen molar-refractivity contribution in [2.75, 3.05) is 13.1 Å². The topological polar surface area (TPSA) is 67.3 Å². The molecule has 0 saturated carbocycles. The summed E-state index contributed by atoms with van der Waals surface area (Å²) in [5.41, 5.74) is -0.998. The molecule has 9 heteroatoms. The zero-order chi connectivity index (χ0) is 16.5. The molecule has 5 nitrogen and oxygen atoms in total. The Morgan fingerprint density at radius 2 is 1.86 bits per heavy atom. The number of halogens is 3. The van der Waals surface area contributed by atoms with Crippen molar-refractivity contribution in [3.63, 3.8) is 0 Å². The molecule has 0 spiro atoms. The van der Waals surface area contributed by atoms with Crippen LogP contribution in [0.25, 0.3) is 0 Å². The van der Waals surface area contributed by atoms with Crippen molar-refractivity contribution in [3.8, 4) is 0 Å². The summed E-state index contributed by atoms with van der Waals surface area (Å²) < 4.78 is 63.2. The summed E-state index contributed by atoms with van der Waals surface area (Å²) in [4.78, 5) is 14.7. The van der Waals surface area contributed by atoms with Crippen molar-refractivity contribution < 1.29 is 26.4 Å². The summed E-state index contributed by atoms with van der Waals surface area (Å²) in [6.45, 7) is 1.79. The molecule has 2 rings (SSSR count). The van der Waals surface area contributed by atoms with Gasteiger partial charge in [0.1, 0.15) is 5.78 Å². The maximum absolute atomic E-state index is 12.5. The summed E-state index contributed by atoms with van der Waals surface area (Å²) in [7, 11) is -3.93. The first-order valence-electron chi connectivity index (χ1n) is 6.66. The highest BCUT2D eigenvalue weighted by Crippen LogP contribution is 2.29. The lowest BCUT2D eigenvalue weighted by molar-refractivity contribution is -0.137. The average Bonchev–Trinajstić information content (AvgIpc) is 2.46. The number of piperidine rings is 1. The summed E-state index contributed by atoms with van der Waals surface area (Å²) >= 11 is 0. The fraction of sp³-hybridized carbons (Fsp3) is 0.538. The molecule has 0 aliphatic carbocycles. The molecule has 1 aromatic rings. The molecule has 22 heavy (non-hydrogen) atoms. The molecule has 2 heterocycles. The lowest BCUT2D eigenvalue weighted by Gasteiger charge is -2.29. The Kier molecular flexibility index (Phi) is 4.57. The molecular formula is C13H15F3N2O3S. The third-order valence-corrected chi connectivity index (χ3v) is 5.51. The predicted molar refractivity (Wildman–Crippen MR) is 71.4 cm³/mol. The van der Waals surface area contributed by atoms with Crippen molar-refractivity contribution in [1.29, 1.82) is 0 Å². The standard InChI is InChI=1S/C13H15F3N2O3S/c1-9(19)10-4-6-18(7-5-10)22(20,21)12-3-2-11(8-17-12)13(14,15)16/h2-3,8,10H,4-7H2,1H3. The first kappa shape index (κ1) is 16.9. The van der Waals surface area contributed by atoms with E-state index in [0.717, 1.165) is 10.4 Å². The zero-order valence-corrected chi connectivity index (χ0v) is 12.6. The number of carbonyl (C=O) groups excluding carboxylic acids is 1. The molecule has 1 aliphatic rings. The van der Waals surface area contributed by atoms with Crippen molar-refractivity contribution in [2.24, 2.45) is 5.92 Å². The van der Waals surface area contributed by atoms with E-state index in [9.17, 15) is 26.4 Å². The minimum Gasteiger partial charge on any atom is -0.300 e. The second-order valence-electron chi connectivity index (χ2n) is 5.17. The number of hydrogen-bond acceptors (Lipinski definition) is 4. The second-order valence-corrected chi connectivity index (χ2v) is 7.06. The molecule has 1 aliphatic heterocycles. The largest absolute Gasteiger partial charge is 0.417 e. The number of ketones is 1. The molecular weight excluding hydrogens is 321 g/mol. The maximum atomic E-state index is 12.5. The second kappa shape index (κ2) is 5.96. The monoisotopic (exact) mass is 336 g/mol. The predicted octanol–water partition coefficient (Wildman–Crippen LogP) is 2.09. The molecule has 0 radical (unpaired) electrons. The highest BCUT2D eigenvalue weighted by atomic mass is 32.2. The maximum Gasteiger partial charge on any atom is 0.417 e. The summed E-state index contributed by atoms with van der Waals surface area (Å²) in [6.07, 6.45) is -3.23. The number of alkyl halides is 3. The van der Waals surface area contributed by atoms with Crippen molar-refractivity contribution >= 4 is 15.8 Å². The van der Waals surface area contributed by atoms with Gasteiger partial charge in [0.2, 0.25) is 0 Å². The van der Waals surface area contributed by atoms with Gasteiger partial charge in [-0.05, 0) is 31.9 Å². The number of rotatable bonds is 3. The van der Waals surface area contributed by atoms with Gasteiger partial charge in [0.05, 0.1) is 5.56 Å². The Morgan fingerprint density at radius 3 is 2.27 bits per heavy atom. The van der Waals surface area contributed by atoms with E-state index in [0.29, 0.717) is 25.1 Å². The normalized spacial score (nSPS) is 18.4. The van der Waals surface area contributed by atoms with Crippen molar-refractivity contribution in [1.82, 2.24) is 9.29 Å². The number of Topliss-reactive ketones (excluding diaryl/α,β-unsaturated/α-hetero) is 1. The van der Waals surface area contributed by atoms with E-state index in [4.69, 9.17) is 0 Å². The van der Waals surface area contributed by atoms with Gasteiger partial charge in [-0.25, -0.2) is 13.4 Å². The van der Waals surface area contributed by atoms with Crippen LogP contribution >= 0.6 is 0 Å². The Hall–Kier alpha value is -1.48. The molecule has 0 unspecified atom stereocenters. The number of carbonyl (C=O) groups is 1. The first-order valence-corrected chi connectivity index (χ1v) is 8.10. The average molecular weight is 336 g/mol. The van der Waals surface area contributed by atoms with Gasteiger partial charge in [-0.15, -0.1) is 0 Å². The van der Waals surface area contributed by atoms with Crippen LogP contribution in [0.3, 0.4) is 0 Å². The molecule has 122 valence electrons. The molecule has 0 N–H and O–H groups in total. The Bertz CT molecular complexity index is 648. The number of pyridine rings is 1. The van der Waals surface area contributed by atoms with Crippen LogP contribution in [0.1, 0.15) is 25.3 Å². The van der Waals surface area contributed by atoms with Gasteiger partial charge in [0.15, 0.2) is 5.03 Å². The lowest BCUT2D eigenvalue weighted by Crippen LogP contribution is -2.40. The number of aromatic nitrogens is 1. The molecule has 0 amide bonds.